The summed E-state index contributed by atoms with van der Waals surface area (Å²) in [5, 5.41) is 15.0. The van der Waals surface area contributed by atoms with Crippen LogP contribution >= 0.6 is 0 Å². The predicted molar refractivity (Wildman–Crippen MR) is 80.7 cm³/mol. The molecular weight excluding hydrogens is 268 g/mol. The van der Waals surface area contributed by atoms with E-state index in [1.807, 2.05) is 24.3 Å². The average molecular weight is 280 g/mol. The molecule has 104 valence electrons. The first-order valence-electron chi connectivity index (χ1n) is 6.37. The van der Waals surface area contributed by atoms with Crippen molar-refractivity contribution in [1.82, 2.24) is 9.97 Å². The van der Waals surface area contributed by atoms with Crippen LogP contribution in [-0.4, -0.2) is 14.9 Å². The maximum absolute atomic E-state index is 11.0. The van der Waals surface area contributed by atoms with E-state index < -0.39 is 4.92 Å². The molecule has 0 aliphatic carbocycles. The molecule has 6 nitrogen and oxygen atoms in total. The molecule has 0 aliphatic rings. The van der Waals surface area contributed by atoms with E-state index in [4.69, 9.17) is 0 Å². The number of hydrogen-bond acceptors (Lipinski definition) is 5. The van der Waals surface area contributed by atoms with E-state index >= 15 is 0 Å². The Bertz CT molecular complexity index is 828. The van der Waals surface area contributed by atoms with Crippen molar-refractivity contribution in [3.05, 3.63) is 64.5 Å². The normalized spacial score (nSPS) is 10.5. The van der Waals surface area contributed by atoms with Crippen molar-refractivity contribution in [3.8, 4) is 0 Å². The molecule has 3 aromatic rings. The van der Waals surface area contributed by atoms with E-state index in [1.165, 1.54) is 12.4 Å². The average Bonchev–Trinajstić information content (AvgIpc) is 2.49. The lowest BCUT2D eigenvalue weighted by Crippen LogP contribution is -1.98. The van der Waals surface area contributed by atoms with Gasteiger partial charge in [-0.1, -0.05) is 18.2 Å². The summed E-state index contributed by atoms with van der Waals surface area (Å²) in [6.07, 6.45) is 1.47. The van der Waals surface area contributed by atoms with E-state index in [0.29, 0.717) is 17.1 Å². The largest absolute Gasteiger partial charge is 0.339 e. The van der Waals surface area contributed by atoms with Gasteiger partial charge in [0.05, 0.1) is 10.4 Å². The summed E-state index contributed by atoms with van der Waals surface area (Å²) in [4.78, 5) is 19.0. The van der Waals surface area contributed by atoms with Crippen LogP contribution in [0.25, 0.3) is 10.9 Å². The van der Waals surface area contributed by atoms with Crippen molar-refractivity contribution in [3.63, 3.8) is 0 Å². The number of hydrogen-bond donors (Lipinski definition) is 1. The number of para-hydroxylation sites is 1. The zero-order valence-electron chi connectivity index (χ0n) is 11.3. The van der Waals surface area contributed by atoms with E-state index in [1.54, 1.807) is 19.1 Å². The summed E-state index contributed by atoms with van der Waals surface area (Å²) in [6, 6.07) is 12.6. The van der Waals surface area contributed by atoms with Crippen LogP contribution in [-0.2, 0) is 0 Å². The minimum atomic E-state index is -0.390. The fourth-order valence-corrected chi connectivity index (χ4v) is 2.12. The lowest BCUT2D eigenvalue weighted by atomic mass is 10.2. The van der Waals surface area contributed by atoms with Crippen LogP contribution in [0, 0.1) is 17.0 Å². The van der Waals surface area contributed by atoms with E-state index in [-0.39, 0.29) is 5.69 Å². The van der Waals surface area contributed by atoms with Crippen molar-refractivity contribution in [1.29, 1.82) is 0 Å². The highest BCUT2D eigenvalue weighted by atomic mass is 16.6. The number of aryl methyl sites for hydroxylation is 1. The standard InChI is InChI=1S/C15H12N4O2/c1-10-6-7-11(8-14(10)19(20)21)18-15-12-4-2-3-5-13(12)16-9-17-15/h2-9H,1H3,(H,16,17,18). The van der Waals surface area contributed by atoms with Crippen molar-refractivity contribution in [2.45, 2.75) is 6.92 Å². The van der Waals surface area contributed by atoms with Gasteiger partial charge >= 0.3 is 0 Å². The summed E-state index contributed by atoms with van der Waals surface area (Å²) >= 11 is 0. The second-order valence-corrected chi connectivity index (χ2v) is 4.62. The minimum absolute atomic E-state index is 0.0818. The smallest absolute Gasteiger partial charge is 0.274 e. The summed E-state index contributed by atoms with van der Waals surface area (Å²) in [7, 11) is 0. The summed E-state index contributed by atoms with van der Waals surface area (Å²) < 4.78 is 0. The van der Waals surface area contributed by atoms with Gasteiger partial charge in [0.1, 0.15) is 12.1 Å². The van der Waals surface area contributed by atoms with Crippen molar-refractivity contribution in [2.75, 3.05) is 5.32 Å². The highest BCUT2D eigenvalue weighted by molar-refractivity contribution is 5.90. The number of anilines is 2. The van der Waals surface area contributed by atoms with Gasteiger partial charge in [0.2, 0.25) is 0 Å². The maximum Gasteiger partial charge on any atom is 0.274 e. The van der Waals surface area contributed by atoms with Gasteiger partial charge in [0.25, 0.3) is 5.69 Å². The third-order valence-corrected chi connectivity index (χ3v) is 3.21. The van der Waals surface area contributed by atoms with Crippen LogP contribution in [0.2, 0.25) is 0 Å². The van der Waals surface area contributed by atoms with Crippen molar-refractivity contribution < 1.29 is 4.92 Å². The Hall–Kier alpha value is -3.02. The van der Waals surface area contributed by atoms with Crippen molar-refractivity contribution >= 4 is 28.1 Å². The molecule has 21 heavy (non-hydrogen) atoms. The van der Waals surface area contributed by atoms with Crippen LogP contribution in [0.4, 0.5) is 17.2 Å². The molecule has 0 spiro atoms. The topological polar surface area (TPSA) is 81.0 Å². The van der Waals surface area contributed by atoms with E-state index in [2.05, 4.69) is 15.3 Å². The second kappa shape index (κ2) is 5.16. The number of nitrogens with one attached hydrogen (secondary N) is 1. The highest BCUT2D eigenvalue weighted by Gasteiger charge is 2.12. The first-order valence-corrected chi connectivity index (χ1v) is 6.37. The van der Waals surface area contributed by atoms with Gasteiger partial charge in [-0.05, 0) is 25.1 Å². The minimum Gasteiger partial charge on any atom is -0.339 e. The molecule has 2 aromatic carbocycles. The number of nitro benzene ring substituents is 1. The molecule has 1 aromatic heterocycles. The van der Waals surface area contributed by atoms with Gasteiger partial charge < -0.3 is 5.32 Å². The zero-order valence-corrected chi connectivity index (χ0v) is 11.3. The van der Waals surface area contributed by atoms with Gasteiger partial charge in [-0.25, -0.2) is 9.97 Å². The molecule has 0 saturated heterocycles. The molecule has 1 N–H and O–H groups in total. The fourth-order valence-electron chi connectivity index (χ4n) is 2.12. The van der Waals surface area contributed by atoms with Gasteiger partial charge in [-0.2, -0.15) is 0 Å². The molecule has 0 fully saturated rings. The third kappa shape index (κ3) is 2.51. The predicted octanol–water partition coefficient (Wildman–Crippen LogP) is 3.59. The number of nitro groups is 1. The van der Waals surface area contributed by atoms with Crippen LogP contribution in [0.5, 0.6) is 0 Å². The second-order valence-electron chi connectivity index (χ2n) is 4.62. The number of aromatic nitrogens is 2. The van der Waals surface area contributed by atoms with Crippen LogP contribution in [0.15, 0.2) is 48.8 Å². The first-order chi connectivity index (χ1) is 10.1. The molecule has 6 heteroatoms. The Morgan fingerprint density at radius 1 is 1.14 bits per heavy atom. The zero-order chi connectivity index (χ0) is 14.8. The Kier molecular flexibility index (Phi) is 3.19. The lowest BCUT2D eigenvalue weighted by Gasteiger charge is -2.08. The molecule has 1 heterocycles. The third-order valence-electron chi connectivity index (χ3n) is 3.21. The monoisotopic (exact) mass is 280 g/mol. The molecule has 3 rings (SSSR count). The Balaban J connectivity index is 2.03. The molecule has 0 aliphatic heterocycles. The number of benzene rings is 2. The van der Waals surface area contributed by atoms with E-state index in [9.17, 15) is 10.1 Å². The van der Waals surface area contributed by atoms with Crippen LogP contribution in [0.1, 0.15) is 5.56 Å². The fraction of sp³-hybridized carbons (Fsp3) is 0.0667. The lowest BCUT2D eigenvalue weighted by molar-refractivity contribution is -0.385. The molecule has 0 bridgehead atoms. The van der Waals surface area contributed by atoms with Gasteiger partial charge in [0, 0.05) is 22.7 Å². The Morgan fingerprint density at radius 3 is 2.76 bits per heavy atom. The molecule has 0 radical (unpaired) electrons. The van der Waals surface area contributed by atoms with Gasteiger partial charge in [-0.15, -0.1) is 0 Å². The molecule has 0 atom stereocenters. The summed E-state index contributed by atoms with van der Waals surface area (Å²) in [5.74, 6) is 0.624. The maximum atomic E-state index is 11.0. The van der Waals surface area contributed by atoms with Gasteiger partial charge in [0.15, 0.2) is 0 Å². The summed E-state index contributed by atoms with van der Waals surface area (Å²) in [5.41, 5.74) is 2.14. The van der Waals surface area contributed by atoms with Crippen molar-refractivity contribution in [2.24, 2.45) is 0 Å². The molecular formula is C15H12N4O2. The van der Waals surface area contributed by atoms with E-state index in [0.717, 1.165) is 10.9 Å². The quantitative estimate of drug-likeness (QED) is 0.585. The van der Waals surface area contributed by atoms with Crippen LogP contribution in [0.3, 0.4) is 0 Å². The Labute approximate surface area is 120 Å². The number of nitrogens with zero attached hydrogens (tertiary/aromatic N) is 3. The summed E-state index contributed by atoms with van der Waals surface area (Å²) in [6.45, 7) is 1.71. The van der Waals surface area contributed by atoms with Gasteiger partial charge in [-0.3, -0.25) is 10.1 Å². The highest BCUT2D eigenvalue weighted by Crippen LogP contribution is 2.26. The molecule has 0 saturated carbocycles. The molecule has 0 amide bonds. The SMILES string of the molecule is Cc1ccc(Nc2ncnc3ccccc23)cc1[N+](=O)[O-]. The molecule has 0 unspecified atom stereocenters. The number of rotatable bonds is 3. The Morgan fingerprint density at radius 2 is 1.95 bits per heavy atom. The number of fused-ring (bicyclic) bond motifs is 1. The first kappa shape index (κ1) is 13.0. The van der Waals surface area contributed by atoms with Crippen LogP contribution < -0.4 is 5.32 Å².